The van der Waals surface area contributed by atoms with Crippen LogP contribution in [0.15, 0.2) is 0 Å². The van der Waals surface area contributed by atoms with Crippen molar-refractivity contribution in [1.82, 2.24) is 0 Å². The van der Waals surface area contributed by atoms with Gasteiger partial charge in [0, 0.05) is 25.9 Å². The number of rotatable bonds is 9. The Balaban J connectivity index is 3.05. The zero-order valence-corrected chi connectivity index (χ0v) is 8.92. The van der Waals surface area contributed by atoms with Gasteiger partial charge in [-0.3, -0.25) is 0 Å². The molecular formula is C10H23NO2. The molecule has 3 nitrogen and oxygen atoms in total. The first kappa shape index (κ1) is 12.9. The van der Waals surface area contributed by atoms with Crippen LogP contribution >= 0.6 is 0 Å². The largest absolute Gasteiger partial charge is 0.382 e. The third-order valence-electron chi connectivity index (χ3n) is 1.75. The minimum Gasteiger partial charge on any atom is -0.382 e. The Bertz CT molecular complexity index is 98.9. The van der Waals surface area contributed by atoms with Gasteiger partial charge in [-0.2, -0.15) is 0 Å². The summed E-state index contributed by atoms with van der Waals surface area (Å²) >= 11 is 0. The fourth-order valence-corrected chi connectivity index (χ4v) is 1.05. The van der Waals surface area contributed by atoms with Crippen molar-refractivity contribution in [1.29, 1.82) is 0 Å². The Morgan fingerprint density at radius 1 is 1.15 bits per heavy atom. The van der Waals surface area contributed by atoms with Crippen molar-refractivity contribution < 1.29 is 9.47 Å². The van der Waals surface area contributed by atoms with Crippen LogP contribution in [0.1, 0.15) is 33.1 Å². The van der Waals surface area contributed by atoms with Crippen LogP contribution in [0.5, 0.6) is 0 Å². The summed E-state index contributed by atoms with van der Waals surface area (Å²) in [5.74, 6) is 0. The van der Waals surface area contributed by atoms with Crippen LogP contribution in [-0.2, 0) is 9.47 Å². The molecule has 0 spiro atoms. The molecular weight excluding hydrogens is 166 g/mol. The van der Waals surface area contributed by atoms with Gasteiger partial charge < -0.3 is 15.2 Å². The molecule has 0 saturated carbocycles. The van der Waals surface area contributed by atoms with Crippen molar-refractivity contribution in [3.05, 3.63) is 0 Å². The number of hydrogen-bond donors (Lipinski definition) is 1. The monoisotopic (exact) mass is 189 g/mol. The molecule has 1 atom stereocenters. The highest BCUT2D eigenvalue weighted by Crippen LogP contribution is 1.96. The lowest BCUT2D eigenvalue weighted by Gasteiger charge is -2.11. The number of hydrogen-bond acceptors (Lipinski definition) is 3. The van der Waals surface area contributed by atoms with Crippen LogP contribution in [0, 0.1) is 0 Å². The molecule has 80 valence electrons. The number of nitrogens with two attached hydrogens (primary N) is 1. The van der Waals surface area contributed by atoms with Gasteiger partial charge in [0.25, 0.3) is 0 Å². The SMILES string of the molecule is CCCOCC(N)CCCOCC. The Morgan fingerprint density at radius 2 is 1.92 bits per heavy atom. The van der Waals surface area contributed by atoms with Crippen LogP contribution in [0.25, 0.3) is 0 Å². The quantitative estimate of drug-likeness (QED) is 0.560. The van der Waals surface area contributed by atoms with E-state index in [2.05, 4.69) is 6.92 Å². The summed E-state index contributed by atoms with van der Waals surface area (Å²) in [6.45, 7) is 7.21. The second kappa shape index (κ2) is 9.96. The van der Waals surface area contributed by atoms with Gasteiger partial charge in [-0.05, 0) is 26.2 Å². The minimum atomic E-state index is 0.173. The third kappa shape index (κ3) is 9.80. The van der Waals surface area contributed by atoms with Crippen LogP contribution in [0.4, 0.5) is 0 Å². The maximum Gasteiger partial charge on any atom is 0.0617 e. The summed E-state index contributed by atoms with van der Waals surface area (Å²) in [5, 5.41) is 0. The van der Waals surface area contributed by atoms with Gasteiger partial charge in [-0.1, -0.05) is 6.92 Å². The topological polar surface area (TPSA) is 44.5 Å². The molecule has 0 aliphatic carbocycles. The zero-order chi connectivity index (χ0) is 9.94. The van der Waals surface area contributed by atoms with Crippen LogP contribution in [-0.4, -0.2) is 32.5 Å². The van der Waals surface area contributed by atoms with Crippen molar-refractivity contribution in [2.45, 2.75) is 39.2 Å². The molecule has 0 amide bonds. The molecule has 0 fully saturated rings. The molecule has 0 aliphatic heterocycles. The van der Waals surface area contributed by atoms with E-state index >= 15 is 0 Å². The molecule has 0 rings (SSSR count). The molecule has 0 saturated heterocycles. The van der Waals surface area contributed by atoms with Crippen molar-refractivity contribution in [3.8, 4) is 0 Å². The van der Waals surface area contributed by atoms with E-state index in [-0.39, 0.29) is 6.04 Å². The van der Waals surface area contributed by atoms with E-state index in [9.17, 15) is 0 Å². The predicted molar refractivity (Wildman–Crippen MR) is 54.8 cm³/mol. The lowest BCUT2D eigenvalue weighted by Crippen LogP contribution is -2.26. The first-order valence-corrected chi connectivity index (χ1v) is 5.22. The average Bonchev–Trinajstić information content (AvgIpc) is 2.13. The van der Waals surface area contributed by atoms with E-state index in [1.807, 2.05) is 6.92 Å². The Labute approximate surface area is 81.6 Å². The lowest BCUT2D eigenvalue weighted by molar-refractivity contribution is 0.109. The molecule has 0 aliphatic rings. The molecule has 0 bridgehead atoms. The minimum absolute atomic E-state index is 0.173. The van der Waals surface area contributed by atoms with Gasteiger partial charge in [0.1, 0.15) is 0 Å². The maximum absolute atomic E-state index is 5.82. The highest BCUT2D eigenvalue weighted by Gasteiger charge is 2.01. The van der Waals surface area contributed by atoms with Crippen molar-refractivity contribution >= 4 is 0 Å². The Morgan fingerprint density at radius 3 is 2.54 bits per heavy atom. The molecule has 0 aromatic heterocycles. The second-order valence-electron chi connectivity index (χ2n) is 3.17. The predicted octanol–water partition coefficient (Wildman–Crippen LogP) is 1.56. The van der Waals surface area contributed by atoms with Crippen molar-refractivity contribution in [3.63, 3.8) is 0 Å². The second-order valence-corrected chi connectivity index (χ2v) is 3.17. The van der Waals surface area contributed by atoms with E-state index in [4.69, 9.17) is 15.2 Å². The summed E-state index contributed by atoms with van der Waals surface area (Å²) < 4.78 is 10.5. The molecule has 2 N–H and O–H groups in total. The van der Waals surface area contributed by atoms with Gasteiger partial charge in [-0.15, -0.1) is 0 Å². The molecule has 13 heavy (non-hydrogen) atoms. The zero-order valence-electron chi connectivity index (χ0n) is 8.92. The molecule has 0 radical (unpaired) electrons. The summed E-state index contributed by atoms with van der Waals surface area (Å²) in [6.07, 6.45) is 3.08. The average molecular weight is 189 g/mol. The molecule has 3 heteroatoms. The van der Waals surface area contributed by atoms with Crippen molar-refractivity contribution in [2.24, 2.45) is 5.73 Å². The van der Waals surface area contributed by atoms with Gasteiger partial charge >= 0.3 is 0 Å². The maximum atomic E-state index is 5.82. The first-order chi connectivity index (χ1) is 6.31. The Kier molecular flexibility index (Phi) is 9.87. The standard InChI is InChI=1S/C10H23NO2/c1-3-7-13-9-10(11)6-5-8-12-4-2/h10H,3-9,11H2,1-2H3. The lowest BCUT2D eigenvalue weighted by atomic mass is 10.2. The molecule has 0 heterocycles. The third-order valence-corrected chi connectivity index (χ3v) is 1.75. The van der Waals surface area contributed by atoms with Gasteiger partial charge in [0.05, 0.1) is 6.61 Å². The smallest absolute Gasteiger partial charge is 0.0617 e. The molecule has 0 aromatic rings. The molecule has 0 aromatic carbocycles. The van der Waals surface area contributed by atoms with Gasteiger partial charge in [0.15, 0.2) is 0 Å². The molecule has 1 unspecified atom stereocenters. The highest BCUT2D eigenvalue weighted by molar-refractivity contribution is 4.59. The fraction of sp³-hybridized carbons (Fsp3) is 1.00. The van der Waals surface area contributed by atoms with Crippen molar-refractivity contribution in [2.75, 3.05) is 26.4 Å². The van der Waals surface area contributed by atoms with Crippen LogP contribution in [0.3, 0.4) is 0 Å². The first-order valence-electron chi connectivity index (χ1n) is 5.22. The van der Waals surface area contributed by atoms with E-state index in [1.165, 1.54) is 0 Å². The van der Waals surface area contributed by atoms with E-state index < -0.39 is 0 Å². The van der Waals surface area contributed by atoms with Gasteiger partial charge in [0.2, 0.25) is 0 Å². The normalized spacial score (nSPS) is 13.2. The van der Waals surface area contributed by atoms with Crippen LogP contribution < -0.4 is 5.73 Å². The van der Waals surface area contributed by atoms with Crippen LogP contribution in [0.2, 0.25) is 0 Å². The van der Waals surface area contributed by atoms with E-state index in [1.54, 1.807) is 0 Å². The van der Waals surface area contributed by atoms with E-state index in [0.29, 0.717) is 6.61 Å². The summed E-state index contributed by atoms with van der Waals surface area (Å²) in [7, 11) is 0. The van der Waals surface area contributed by atoms with Gasteiger partial charge in [-0.25, -0.2) is 0 Å². The highest BCUT2D eigenvalue weighted by atomic mass is 16.5. The number of ether oxygens (including phenoxy) is 2. The fourth-order valence-electron chi connectivity index (χ4n) is 1.05. The summed E-state index contributed by atoms with van der Waals surface area (Å²) in [4.78, 5) is 0. The summed E-state index contributed by atoms with van der Waals surface area (Å²) in [6, 6.07) is 0.173. The Hall–Kier alpha value is -0.120. The van der Waals surface area contributed by atoms with E-state index in [0.717, 1.165) is 39.1 Å². The summed E-state index contributed by atoms with van der Waals surface area (Å²) in [5.41, 5.74) is 5.82.